The van der Waals surface area contributed by atoms with Crippen LogP contribution < -0.4 is 4.90 Å². The molecule has 3 heteroatoms. The third kappa shape index (κ3) is 5.90. The maximum absolute atomic E-state index is 6.30. The molecule has 0 bridgehead atoms. The molecular formula is C58H38N2O. The highest BCUT2D eigenvalue weighted by atomic mass is 16.3. The first-order chi connectivity index (χ1) is 30.2. The molecule has 0 aliphatic rings. The number of rotatable bonds is 7. The molecule has 0 saturated heterocycles. The lowest BCUT2D eigenvalue weighted by molar-refractivity contribution is 0.669. The van der Waals surface area contributed by atoms with Gasteiger partial charge in [0.2, 0.25) is 0 Å². The molecule has 0 radical (unpaired) electrons. The molecule has 0 aliphatic carbocycles. The van der Waals surface area contributed by atoms with Gasteiger partial charge in [-0.25, -0.2) is 0 Å². The van der Waals surface area contributed by atoms with Crippen molar-refractivity contribution in [3.63, 3.8) is 0 Å². The van der Waals surface area contributed by atoms with Gasteiger partial charge in [0.15, 0.2) is 0 Å². The van der Waals surface area contributed by atoms with Crippen LogP contribution in [0.1, 0.15) is 0 Å². The van der Waals surface area contributed by atoms with E-state index in [1.807, 2.05) is 12.1 Å². The van der Waals surface area contributed by atoms with Crippen molar-refractivity contribution < 1.29 is 4.42 Å². The average molecular weight is 779 g/mol. The molecule has 0 unspecified atom stereocenters. The van der Waals surface area contributed by atoms with Crippen LogP contribution in [0.25, 0.3) is 93.6 Å². The second-order valence-corrected chi connectivity index (χ2v) is 15.7. The van der Waals surface area contributed by atoms with E-state index in [2.05, 4.69) is 228 Å². The molecule has 0 atom stereocenters. The molecule has 12 aromatic rings. The van der Waals surface area contributed by atoms with Crippen LogP contribution in [0, 0.1) is 0 Å². The monoisotopic (exact) mass is 778 g/mol. The average Bonchev–Trinajstić information content (AvgIpc) is 3.89. The van der Waals surface area contributed by atoms with Crippen LogP contribution in [0.3, 0.4) is 0 Å². The van der Waals surface area contributed by atoms with Crippen molar-refractivity contribution in [3.05, 3.63) is 231 Å². The smallest absolute Gasteiger partial charge is 0.136 e. The van der Waals surface area contributed by atoms with E-state index < -0.39 is 0 Å². The van der Waals surface area contributed by atoms with Crippen LogP contribution in [-0.2, 0) is 0 Å². The van der Waals surface area contributed by atoms with Crippen molar-refractivity contribution in [3.8, 4) is 39.1 Å². The van der Waals surface area contributed by atoms with Gasteiger partial charge < -0.3 is 13.9 Å². The van der Waals surface area contributed by atoms with Gasteiger partial charge in [-0.15, -0.1) is 0 Å². The molecule has 2 aromatic heterocycles. The van der Waals surface area contributed by atoms with E-state index >= 15 is 0 Å². The van der Waals surface area contributed by atoms with Crippen LogP contribution in [0.4, 0.5) is 17.1 Å². The van der Waals surface area contributed by atoms with Gasteiger partial charge in [0.05, 0.1) is 16.7 Å². The topological polar surface area (TPSA) is 21.3 Å². The molecule has 2 heterocycles. The summed E-state index contributed by atoms with van der Waals surface area (Å²) in [6.45, 7) is 0. The van der Waals surface area contributed by atoms with E-state index in [-0.39, 0.29) is 0 Å². The molecular weight excluding hydrogens is 741 g/mol. The molecule has 61 heavy (non-hydrogen) atoms. The summed E-state index contributed by atoms with van der Waals surface area (Å²) in [6, 6.07) is 82.8. The number of benzene rings is 10. The zero-order chi connectivity index (χ0) is 40.3. The first-order valence-electron chi connectivity index (χ1n) is 20.8. The molecule has 0 saturated carbocycles. The summed E-state index contributed by atoms with van der Waals surface area (Å²) in [5.41, 5.74) is 15.8. The number of furan rings is 1. The van der Waals surface area contributed by atoms with Crippen LogP contribution in [0.2, 0.25) is 0 Å². The summed E-state index contributed by atoms with van der Waals surface area (Å²) < 4.78 is 8.67. The lowest BCUT2D eigenvalue weighted by atomic mass is 9.99. The van der Waals surface area contributed by atoms with Gasteiger partial charge in [0, 0.05) is 44.0 Å². The molecule has 3 nitrogen and oxygen atoms in total. The third-order valence-corrected chi connectivity index (χ3v) is 12.2. The summed E-state index contributed by atoms with van der Waals surface area (Å²) in [5.74, 6) is 0. The van der Waals surface area contributed by atoms with E-state index in [1.54, 1.807) is 0 Å². The van der Waals surface area contributed by atoms with Crippen molar-refractivity contribution in [2.24, 2.45) is 0 Å². The van der Waals surface area contributed by atoms with Gasteiger partial charge >= 0.3 is 0 Å². The van der Waals surface area contributed by atoms with Crippen LogP contribution >= 0.6 is 0 Å². The molecule has 0 amide bonds. The van der Waals surface area contributed by atoms with Gasteiger partial charge in [0.1, 0.15) is 11.2 Å². The van der Waals surface area contributed by atoms with Crippen molar-refractivity contribution >= 4 is 71.6 Å². The minimum atomic E-state index is 0.899. The Kier molecular flexibility index (Phi) is 8.17. The number of nitrogens with zero attached hydrogens (tertiary/aromatic N) is 2. The summed E-state index contributed by atoms with van der Waals surface area (Å²) in [4.78, 5) is 2.38. The molecule has 0 aliphatic heterocycles. The maximum Gasteiger partial charge on any atom is 0.136 e. The standard InChI is InChI=1S/C58H38N2O/c1-2-11-39(12-3-1)42-25-31-45(32-26-42)59(53-19-10-16-51-50(53)37-38-57-58(51)52-15-6-9-20-56(52)61-57)46-33-27-43(28-34-46)40-21-23-41(24-22-40)44-29-35-47(36-30-44)60-54-17-7-4-13-48(54)49-14-5-8-18-55(49)60/h1-38H. The van der Waals surface area contributed by atoms with Crippen LogP contribution in [-0.4, -0.2) is 4.57 Å². The predicted molar refractivity (Wildman–Crippen MR) is 257 cm³/mol. The van der Waals surface area contributed by atoms with Crippen molar-refractivity contribution in [1.29, 1.82) is 0 Å². The number of anilines is 3. The summed E-state index contributed by atoms with van der Waals surface area (Å²) in [5, 5.41) is 7.15. The Hall–Kier alpha value is -8.14. The van der Waals surface area contributed by atoms with E-state index in [0.29, 0.717) is 0 Å². The van der Waals surface area contributed by atoms with Crippen LogP contribution in [0.5, 0.6) is 0 Å². The molecule has 0 N–H and O–H groups in total. The summed E-state index contributed by atoms with van der Waals surface area (Å²) >= 11 is 0. The molecule has 12 rings (SSSR count). The van der Waals surface area contributed by atoms with Crippen molar-refractivity contribution in [1.82, 2.24) is 4.57 Å². The number of hydrogen-bond acceptors (Lipinski definition) is 2. The fraction of sp³-hybridized carbons (Fsp3) is 0. The zero-order valence-electron chi connectivity index (χ0n) is 33.2. The highest BCUT2D eigenvalue weighted by Gasteiger charge is 2.19. The van der Waals surface area contributed by atoms with Gasteiger partial charge in [-0.3, -0.25) is 0 Å². The first-order valence-corrected chi connectivity index (χ1v) is 20.8. The van der Waals surface area contributed by atoms with E-state index in [9.17, 15) is 0 Å². The van der Waals surface area contributed by atoms with E-state index in [0.717, 1.165) is 50.1 Å². The lowest BCUT2D eigenvalue weighted by Crippen LogP contribution is -2.10. The van der Waals surface area contributed by atoms with Crippen molar-refractivity contribution in [2.45, 2.75) is 0 Å². The van der Waals surface area contributed by atoms with Gasteiger partial charge in [0.25, 0.3) is 0 Å². The largest absolute Gasteiger partial charge is 0.456 e. The Morgan fingerprint density at radius 1 is 0.295 bits per heavy atom. The normalized spacial score (nSPS) is 11.6. The molecule has 0 spiro atoms. The number of aromatic nitrogens is 1. The van der Waals surface area contributed by atoms with Gasteiger partial charge in [-0.1, -0.05) is 158 Å². The highest BCUT2D eigenvalue weighted by molar-refractivity contribution is 6.21. The first kappa shape index (κ1) is 34.9. The van der Waals surface area contributed by atoms with Gasteiger partial charge in [-0.05, 0) is 112 Å². The SMILES string of the molecule is c1ccc(-c2ccc(N(c3ccc(-c4ccc(-c5ccc(-n6c7ccccc7c7ccccc76)cc5)cc4)cc3)c3cccc4c3ccc3oc5ccccc5c34)cc2)cc1. The molecule has 0 fully saturated rings. The minimum Gasteiger partial charge on any atom is -0.456 e. The van der Waals surface area contributed by atoms with Crippen molar-refractivity contribution in [2.75, 3.05) is 4.90 Å². The molecule has 10 aromatic carbocycles. The Morgan fingerprint density at radius 3 is 1.34 bits per heavy atom. The quantitative estimate of drug-likeness (QED) is 0.161. The fourth-order valence-corrected chi connectivity index (χ4v) is 9.28. The van der Waals surface area contributed by atoms with E-state index in [1.165, 1.54) is 60.6 Å². The second kappa shape index (κ2) is 14.3. The Balaban J connectivity index is 0.886. The Bertz CT molecular complexity index is 3490. The lowest BCUT2D eigenvalue weighted by Gasteiger charge is -2.27. The minimum absolute atomic E-state index is 0.899. The number of hydrogen-bond donors (Lipinski definition) is 0. The summed E-state index contributed by atoms with van der Waals surface area (Å²) in [6.07, 6.45) is 0. The third-order valence-electron chi connectivity index (χ3n) is 12.2. The fourth-order valence-electron chi connectivity index (χ4n) is 9.28. The zero-order valence-corrected chi connectivity index (χ0v) is 33.2. The Morgan fingerprint density at radius 2 is 0.754 bits per heavy atom. The Labute approximate surface area is 353 Å². The highest BCUT2D eigenvalue weighted by Crippen LogP contribution is 2.44. The maximum atomic E-state index is 6.30. The van der Waals surface area contributed by atoms with Crippen LogP contribution in [0.15, 0.2) is 235 Å². The second-order valence-electron chi connectivity index (χ2n) is 15.7. The predicted octanol–water partition coefficient (Wildman–Crippen LogP) is 16.3. The number of fused-ring (bicyclic) bond motifs is 8. The number of para-hydroxylation sites is 3. The summed E-state index contributed by atoms with van der Waals surface area (Å²) in [7, 11) is 0. The van der Waals surface area contributed by atoms with Gasteiger partial charge in [-0.2, -0.15) is 0 Å². The molecule has 286 valence electrons. The van der Waals surface area contributed by atoms with E-state index in [4.69, 9.17) is 4.42 Å².